The standard InChI is InChI=1S/C9H13NO2S/c11-4-7-2-1-3-12-9(7)8-5-13-6-10-8/h5-7,9,11H,1-4H2. The number of nitrogens with zero attached hydrogens (tertiary/aromatic N) is 1. The SMILES string of the molecule is OCC1CCCOC1c1cscn1. The summed E-state index contributed by atoms with van der Waals surface area (Å²) < 4.78 is 5.61. The number of hydrogen-bond donors (Lipinski definition) is 1. The van der Waals surface area contributed by atoms with Gasteiger partial charge in [0.15, 0.2) is 0 Å². The molecular weight excluding hydrogens is 186 g/mol. The Kier molecular flexibility index (Phi) is 2.93. The average molecular weight is 199 g/mol. The Morgan fingerprint density at radius 2 is 2.62 bits per heavy atom. The summed E-state index contributed by atoms with van der Waals surface area (Å²) in [7, 11) is 0. The smallest absolute Gasteiger partial charge is 0.105 e. The fraction of sp³-hybridized carbons (Fsp3) is 0.667. The molecule has 2 heterocycles. The maximum atomic E-state index is 9.16. The van der Waals surface area contributed by atoms with Gasteiger partial charge in [0, 0.05) is 24.5 Å². The largest absolute Gasteiger partial charge is 0.396 e. The second-order valence-electron chi connectivity index (χ2n) is 3.29. The lowest BCUT2D eigenvalue weighted by Crippen LogP contribution is -2.25. The van der Waals surface area contributed by atoms with Crippen molar-refractivity contribution in [2.45, 2.75) is 18.9 Å². The van der Waals surface area contributed by atoms with Crippen LogP contribution < -0.4 is 0 Å². The van der Waals surface area contributed by atoms with Crippen LogP contribution in [0.3, 0.4) is 0 Å². The summed E-state index contributed by atoms with van der Waals surface area (Å²) in [5.74, 6) is 0.232. The van der Waals surface area contributed by atoms with E-state index in [1.165, 1.54) is 0 Å². The van der Waals surface area contributed by atoms with Crippen LogP contribution in [0, 0.1) is 5.92 Å². The van der Waals surface area contributed by atoms with E-state index in [2.05, 4.69) is 4.98 Å². The van der Waals surface area contributed by atoms with Crippen LogP contribution in [0.15, 0.2) is 10.9 Å². The second-order valence-corrected chi connectivity index (χ2v) is 4.01. The van der Waals surface area contributed by atoms with Gasteiger partial charge in [-0.3, -0.25) is 0 Å². The third kappa shape index (κ3) is 1.90. The van der Waals surface area contributed by atoms with Gasteiger partial charge in [-0.1, -0.05) is 0 Å². The monoisotopic (exact) mass is 199 g/mol. The Labute approximate surface area is 81.4 Å². The molecule has 0 aliphatic carbocycles. The van der Waals surface area contributed by atoms with Gasteiger partial charge >= 0.3 is 0 Å². The summed E-state index contributed by atoms with van der Waals surface area (Å²) in [4.78, 5) is 4.22. The molecule has 1 N–H and O–H groups in total. The molecule has 2 unspecified atom stereocenters. The first kappa shape index (κ1) is 9.12. The molecule has 0 radical (unpaired) electrons. The Morgan fingerprint density at radius 3 is 3.31 bits per heavy atom. The van der Waals surface area contributed by atoms with Crippen LogP contribution in [0.5, 0.6) is 0 Å². The molecule has 1 aromatic rings. The van der Waals surface area contributed by atoms with E-state index in [4.69, 9.17) is 9.84 Å². The molecule has 72 valence electrons. The Morgan fingerprint density at radius 1 is 1.69 bits per heavy atom. The number of rotatable bonds is 2. The van der Waals surface area contributed by atoms with E-state index in [0.29, 0.717) is 0 Å². The quantitative estimate of drug-likeness (QED) is 0.786. The number of ether oxygens (including phenoxy) is 1. The van der Waals surface area contributed by atoms with Crippen LogP contribution >= 0.6 is 11.3 Å². The first-order valence-corrected chi connectivity index (χ1v) is 5.46. The van der Waals surface area contributed by atoms with Crippen LogP contribution in [-0.2, 0) is 4.74 Å². The Bertz CT molecular complexity index is 250. The van der Waals surface area contributed by atoms with E-state index in [-0.39, 0.29) is 18.6 Å². The zero-order valence-corrected chi connectivity index (χ0v) is 8.17. The van der Waals surface area contributed by atoms with Crippen LogP contribution in [-0.4, -0.2) is 23.3 Å². The first-order valence-electron chi connectivity index (χ1n) is 4.52. The lowest BCUT2D eigenvalue weighted by Gasteiger charge is -2.29. The third-order valence-corrected chi connectivity index (χ3v) is 3.03. The molecule has 3 nitrogen and oxygen atoms in total. The molecule has 0 aromatic carbocycles. The molecule has 0 spiro atoms. The lowest BCUT2D eigenvalue weighted by molar-refractivity contribution is -0.0476. The van der Waals surface area contributed by atoms with Crippen molar-refractivity contribution in [2.24, 2.45) is 5.92 Å². The van der Waals surface area contributed by atoms with Crippen LogP contribution in [0.25, 0.3) is 0 Å². The number of hydrogen-bond acceptors (Lipinski definition) is 4. The summed E-state index contributed by atoms with van der Waals surface area (Å²) in [6, 6.07) is 0. The van der Waals surface area contributed by atoms with Crippen LogP contribution in [0.1, 0.15) is 24.6 Å². The van der Waals surface area contributed by atoms with Crippen molar-refractivity contribution >= 4 is 11.3 Å². The number of thiazole rings is 1. The maximum Gasteiger partial charge on any atom is 0.105 e. The van der Waals surface area contributed by atoms with Gasteiger partial charge in [-0.25, -0.2) is 4.98 Å². The molecule has 0 bridgehead atoms. The summed E-state index contributed by atoms with van der Waals surface area (Å²) in [6.07, 6.45) is 2.11. The van der Waals surface area contributed by atoms with E-state index in [1.54, 1.807) is 11.3 Å². The number of aliphatic hydroxyl groups is 1. The topological polar surface area (TPSA) is 42.4 Å². The summed E-state index contributed by atoms with van der Waals surface area (Å²) in [6.45, 7) is 0.987. The highest BCUT2D eigenvalue weighted by atomic mass is 32.1. The molecule has 1 aromatic heterocycles. The van der Waals surface area contributed by atoms with Gasteiger partial charge in [-0.2, -0.15) is 0 Å². The van der Waals surface area contributed by atoms with Gasteiger partial charge in [0.25, 0.3) is 0 Å². The Balaban J connectivity index is 2.11. The molecule has 2 atom stereocenters. The Hall–Kier alpha value is -0.450. The zero-order valence-electron chi connectivity index (χ0n) is 7.35. The molecule has 1 aliphatic heterocycles. The maximum absolute atomic E-state index is 9.16. The summed E-state index contributed by atoms with van der Waals surface area (Å²) in [5.41, 5.74) is 2.78. The number of aliphatic hydroxyl groups excluding tert-OH is 1. The molecule has 1 saturated heterocycles. The fourth-order valence-electron chi connectivity index (χ4n) is 1.72. The van der Waals surface area contributed by atoms with E-state index < -0.39 is 0 Å². The minimum Gasteiger partial charge on any atom is -0.396 e. The molecule has 13 heavy (non-hydrogen) atoms. The highest BCUT2D eigenvalue weighted by Crippen LogP contribution is 2.32. The second kappa shape index (κ2) is 4.17. The minimum atomic E-state index is 0.0185. The lowest BCUT2D eigenvalue weighted by atomic mass is 9.93. The van der Waals surface area contributed by atoms with E-state index >= 15 is 0 Å². The average Bonchev–Trinajstić information content (AvgIpc) is 2.70. The van der Waals surface area contributed by atoms with Crippen molar-refractivity contribution in [3.8, 4) is 0 Å². The van der Waals surface area contributed by atoms with Crippen molar-refractivity contribution in [2.75, 3.05) is 13.2 Å². The predicted molar refractivity (Wildman–Crippen MR) is 50.6 cm³/mol. The molecule has 0 saturated carbocycles. The van der Waals surface area contributed by atoms with Gasteiger partial charge in [0.05, 0.1) is 11.2 Å². The van der Waals surface area contributed by atoms with Gasteiger partial charge in [-0.15, -0.1) is 11.3 Å². The summed E-state index contributed by atoms with van der Waals surface area (Å²) in [5, 5.41) is 11.2. The van der Waals surface area contributed by atoms with Crippen molar-refractivity contribution in [1.29, 1.82) is 0 Å². The first-order chi connectivity index (χ1) is 6.42. The minimum absolute atomic E-state index is 0.0185. The van der Waals surface area contributed by atoms with Gasteiger partial charge in [0.1, 0.15) is 6.10 Å². The summed E-state index contributed by atoms with van der Waals surface area (Å²) >= 11 is 1.57. The molecule has 1 aliphatic rings. The van der Waals surface area contributed by atoms with Crippen molar-refractivity contribution in [3.05, 3.63) is 16.6 Å². The van der Waals surface area contributed by atoms with Crippen molar-refractivity contribution in [1.82, 2.24) is 4.98 Å². The van der Waals surface area contributed by atoms with E-state index in [0.717, 1.165) is 25.1 Å². The van der Waals surface area contributed by atoms with Crippen LogP contribution in [0.2, 0.25) is 0 Å². The normalized spacial score (nSPS) is 29.0. The van der Waals surface area contributed by atoms with Gasteiger partial charge in [0.2, 0.25) is 0 Å². The number of aromatic nitrogens is 1. The highest BCUT2D eigenvalue weighted by molar-refractivity contribution is 7.07. The zero-order chi connectivity index (χ0) is 9.10. The molecule has 2 rings (SSSR count). The van der Waals surface area contributed by atoms with Gasteiger partial charge < -0.3 is 9.84 Å². The molecule has 0 amide bonds. The van der Waals surface area contributed by atoms with Crippen molar-refractivity contribution < 1.29 is 9.84 Å². The van der Waals surface area contributed by atoms with E-state index in [9.17, 15) is 0 Å². The van der Waals surface area contributed by atoms with Crippen LogP contribution in [0.4, 0.5) is 0 Å². The van der Waals surface area contributed by atoms with E-state index in [1.807, 2.05) is 10.9 Å². The fourth-order valence-corrected chi connectivity index (χ4v) is 2.30. The molecule has 4 heteroatoms. The molecule has 1 fully saturated rings. The van der Waals surface area contributed by atoms with Crippen molar-refractivity contribution in [3.63, 3.8) is 0 Å². The predicted octanol–water partition coefficient (Wildman–Crippen LogP) is 1.60. The van der Waals surface area contributed by atoms with Gasteiger partial charge in [-0.05, 0) is 12.8 Å². The molecular formula is C9H13NO2S. The third-order valence-electron chi connectivity index (χ3n) is 2.42. The highest BCUT2D eigenvalue weighted by Gasteiger charge is 2.27.